The summed E-state index contributed by atoms with van der Waals surface area (Å²) in [6.45, 7) is 8.23. The maximum atomic E-state index is 9.05. The molecule has 0 unspecified atom stereocenters. The van der Waals surface area contributed by atoms with Gasteiger partial charge in [-0.15, -0.1) is 0 Å². The minimum atomic E-state index is 0.789. The van der Waals surface area contributed by atoms with Crippen LogP contribution in [-0.2, 0) is 0 Å². The normalized spacial score (nSPS) is 14.1. The van der Waals surface area contributed by atoms with Crippen molar-refractivity contribution in [3.63, 3.8) is 0 Å². The van der Waals surface area contributed by atoms with E-state index in [4.69, 9.17) is 16.9 Å². The van der Waals surface area contributed by atoms with Crippen molar-refractivity contribution < 1.29 is 0 Å². The number of nitriles is 1. The van der Waals surface area contributed by atoms with Crippen LogP contribution in [0.15, 0.2) is 21.8 Å². The van der Waals surface area contributed by atoms with Gasteiger partial charge >= 0.3 is 0 Å². The molecule has 0 fully saturated rings. The summed E-state index contributed by atoms with van der Waals surface area (Å²) in [5, 5.41) is 9.95. The Labute approximate surface area is 98.4 Å². The van der Waals surface area contributed by atoms with E-state index in [9.17, 15) is 0 Å². The van der Waals surface area contributed by atoms with E-state index in [1.165, 1.54) is 5.57 Å². The monoisotopic (exact) mass is 225 g/mol. The summed E-state index contributed by atoms with van der Waals surface area (Å²) in [4.78, 5) is 0. The summed E-state index contributed by atoms with van der Waals surface area (Å²) >= 11 is 6.20. The topological polar surface area (TPSA) is 23.8 Å². The number of nitrogens with zero attached hydrogens (tertiary/aromatic N) is 1. The minimum absolute atomic E-state index is 0.789. The summed E-state index contributed by atoms with van der Waals surface area (Å²) < 4.78 is 0. The lowest BCUT2D eigenvalue weighted by molar-refractivity contribution is 0.958. The second kappa shape index (κ2) is 7.54. The molecule has 0 amide bonds. The van der Waals surface area contributed by atoms with Gasteiger partial charge in [0.15, 0.2) is 0 Å². The standard InChI is InChI=1S/C13H20ClN/c1-5-10(9-15)11(6-2)12(7-3)13(14)8-4/h5-8H2,1-4H3/b11-10-,13-12-. The molecule has 0 saturated carbocycles. The molecule has 0 N–H and O–H groups in total. The van der Waals surface area contributed by atoms with Crippen molar-refractivity contribution in [1.82, 2.24) is 0 Å². The number of hydrogen-bond donors (Lipinski definition) is 0. The van der Waals surface area contributed by atoms with E-state index in [2.05, 4.69) is 19.9 Å². The summed E-state index contributed by atoms with van der Waals surface area (Å²) in [6, 6.07) is 2.28. The van der Waals surface area contributed by atoms with E-state index in [1.54, 1.807) is 0 Å². The van der Waals surface area contributed by atoms with Crippen LogP contribution >= 0.6 is 11.6 Å². The molecule has 0 bridgehead atoms. The second-order valence-corrected chi connectivity index (χ2v) is 3.82. The molecule has 0 rings (SSSR count). The van der Waals surface area contributed by atoms with Gasteiger partial charge in [-0.25, -0.2) is 0 Å². The van der Waals surface area contributed by atoms with Crippen LogP contribution in [-0.4, -0.2) is 0 Å². The molecule has 0 aromatic carbocycles. The number of hydrogen-bond acceptors (Lipinski definition) is 1. The van der Waals surface area contributed by atoms with Gasteiger partial charge in [-0.3, -0.25) is 0 Å². The Kier molecular flexibility index (Phi) is 7.17. The highest BCUT2D eigenvalue weighted by Gasteiger charge is 2.10. The fraction of sp³-hybridized carbons (Fsp3) is 0.615. The van der Waals surface area contributed by atoms with E-state index in [0.717, 1.165) is 41.9 Å². The third kappa shape index (κ3) is 3.72. The Balaban J connectivity index is 5.48. The van der Waals surface area contributed by atoms with E-state index < -0.39 is 0 Å². The highest BCUT2D eigenvalue weighted by atomic mass is 35.5. The van der Waals surface area contributed by atoms with Gasteiger partial charge in [0.1, 0.15) is 0 Å². The fourth-order valence-electron chi connectivity index (χ4n) is 1.75. The number of allylic oxidation sites excluding steroid dienone is 4. The average molecular weight is 226 g/mol. The van der Waals surface area contributed by atoms with E-state index in [1.807, 2.05) is 13.8 Å². The molecule has 0 aromatic rings. The number of rotatable bonds is 5. The van der Waals surface area contributed by atoms with Gasteiger partial charge in [0.05, 0.1) is 6.07 Å². The van der Waals surface area contributed by atoms with E-state index in [0.29, 0.717) is 0 Å². The van der Waals surface area contributed by atoms with Crippen LogP contribution in [0.25, 0.3) is 0 Å². The second-order valence-electron chi connectivity index (χ2n) is 3.37. The highest BCUT2D eigenvalue weighted by Crippen LogP contribution is 2.28. The van der Waals surface area contributed by atoms with Crippen molar-refractivity contribution in [1.29, 1.82) is 5.26 Å². The van der Waals surface area contributed by atoms with E-state index in [-0.39, 0.29) is 0 Å². The lowest BCUT2D eigenvalue weighted by Crippen LogP contribution is -1.95. The van der Waals surface area contributed by atoms with Gasteiger partial charge < -0.3 is 0 Å². The van der Waals surface area contributed by atoms with Gasteiger partial charge in [0.25, 0.3) is 0 Å². The first-order valence-electron chi connectivity index (χ1n) is 5.66. The fourth-order valence-corrected chi connectivity index (χ4v) is 2.00. The van der Waals surface area contributed by atoms with Gasteiger partial charge in [0.2, 0.25) is 0 Å². The number of halogens is 1. The Morgan fingerprint density at radius 1 is 0.933 bits per heavy atom. The molecule has 0 aliphatic heterocycles. The molecule has 0 aliphatic carbocycles. The predicted octanol–water partition coefficient (Wildman–Crippen LogP) is 4.94. The third-order valence-corrected chi connectivity index (χ3v) is 3.06. The van der Waals surface area contributed by atoms with Crippen LogP contribution in [0.1, 0.15) is 53.4 Å². The maximum Gasteiger partial charge on any atom is 0.0949 e. The Bertz CT molecular complexity index is 305. The van der Waals surface area contributed by atoms with Gasteiger partial charge in [-0.2, -0.15) is 5.26 Å². The molecule has 84 valence electrons. The lowest BCUT2D eigenvalue weighted by atomic mass is 9.94. The molecular weight excluding hydrogens is 206 g/mol. The van der Waals surface area contributed by atoms with Gasteiger partial charge in [-0.1, -0.05) is 39.3 Å². The van der Waals surface area contributed by atoms with Crippen LogP contribution < -0.4 is 0 Å². The summed E-state index contributed by atoms with van der Waals surface area (Å²) in [5.74, 6) is 0. The van der Waals surface area contributed by atoms with Crippen molar-refractivity contribution in [2.75, 3.05) is 0 Å². The van der Waals surface area contributed by atoms with Crippen molar-refractivity contribution >= 4 is 11.6 Å². The molecule has 2 heteroatoms. The molecule has 1 nitrogen and oxygen atoms in total. The summed E-state index contributed by atoms with van der Waals surface area (Å²) in [6.07, 6.45) is 3.42. The average Bonchev–Trinajstić information content (AvgIpc) is 2.28. The third-order valence-electron chi connectivity index (χ3n) is 2.56. The van der Waals surface area contributed by atoms with Crippen LogP contribution in [0.3, 0.4) is 0 Å². The Morgan fingerprint density at radius 2 is 1.47 bits per heavy atom. The molecule has 0 aromatic heterocycles. The zero-order chi connectivity index (χ0) is 11.8. The van der Waals surface area contributed by atoms with Crippen LogP contribution in [0, 0.1) is 11.3 Å². The lowest BCUT2D eigenvalue weighted by Gasteiger charge is -2.13. The van der Waals surface area contributed by atoms with Crippen LogP contribution in [0.4, 0.5) is 0 Å². The zero-order valence-corrected chi connectivity index (χ0v) is 10.9. The minimum Gasteiger partial charge on any atom is -0.193 e. The van der Waals surface area contributed by atoms with Crippen LogP contribution in [0.2, 0.25) is 0 Å². The first-order chi connectivity index (χ1) is 7.15. The molecule has 0 saturated heterocycles. The Morgan fingerprint density at radius 3 is 1.73 bits per heavy atom. The highest BCUT2D eigenvalue weighted by molar-refractivity contribution is 6.30. The smallest absolute Gasteiger partial charge is 0.0949 e. The summed E-state index contributed by atoms with van der Waals surface area (Å²) in [7, 11) is 0. The van der Waals surface area contributed by atoms with Crippen LogP contribution in [0.5, 0.6) is 0 Å². The molecular formula is C13H20ClN. The van der Waals surface area contributed by atoms with E-state index >= 15 is 0 Å². The molecule has 15 heavy (non-hydrogen) atoms. The first kappa shape index (κ1) is 14.3. The van der Waals surface area contributed by atoms with Gasteiger partial charge in [-0.05, 0) is 36.8 Å². The first-order valence-corrected chi connectivity index (χ1v) is 6.03. The van der Waals surface area contributed by atoms with Crippen molar-refractivity contribution in [3.8, 4) is 6.07 Å². The molecule has 0 radical (unpaired) electrons. The summed E-state index contributed by atoms with van der Waals surface area (Å²) in [5.41, 5.74) is 3.19. The zero-order valence-electron chi connectivity index (χ0n) is 10.2. The largest absolute Gasteiger partial charge is 0.193 e. The maximum absolute atomic E-state index is 9.05. The predicted molar refractivity (Wildman–Crippen MR) is 66.7 cm³/mol. The van der Waals surface area contributed by atoms with Crippen molar-refractivity contribution in [2.45, 2.75) is 53.4 Å². The quantitative estimate of drug-likeness (QED) is 0.480. The van der Waals surface area contributed by atoms with Gasteiger partial charge in [0, 0.05) is 10.6 Å². The molecule has 0 heterocycles. The molecule has 0 atom stereocenters. The van der Waals surface area contributed by atoms with Crippen molar-refractivity contribution in [2.24, 2.45) is 0 Å². The molecule has 0 aliphatic rings. The molecule has 0 spiro atoms. The SMILES string of the molecule is CC/C(Cl)=C(CC)/C(CC)=C(\C#N)CC. The van der Waals surface area contributed by atoms with Crippen molar-refractivity contribution in [3.05, 3.63) is 21.8 Å². The Hall–Kier alpha value is -0.740.